The first kappa shape index (κ1) is 16.7. The Morgan fingerprint density at radius 1 is 1.11 bits per heavy atom. The molecule has 0 N–H and O–H groups in total. The summed E-state index contributed by atoms with van der Waals surface area (Å²) in [5.74, 6) is -0.225. The molecule has 0 aliphatic carbocycles. The van der Waals surface area contributed by atoms with Crippen LogP contribution in [-0.2, 0) is 19.1 Å². The third kappa shape index (κ3) is 6.44. The van der Waals surface area contributed by atoms with Gasteiger partial charge in [-0.2, -0.15) is 5.06 Å². The van der Waals surface area contributed by atoms with Gasteiger partial charge >= 0.3 is 12.1 Å². The maximum Gasteiger partial charge on any atom is 0.433 e. The van der Waals surface area contributed by atoms with Crippen molar-refractivity contribution in [3.05, 3.63) is 0 Å². The molecule has 0 aromatic rings. The van der Waals surface area contributed by atoms with Crippen LogP contribution in [0.5, 0.6) is 0 Å². The fraction of sp³-hybridized carbons (Fsp3) is 0.833. The van der Waals surface area contributed by atoms with E-state index < -0.39 is 18.2 Å². The van der Waals surface area contributed by atoms with Crippen LogP contribution in [0, 0.1) is 5.92 Å². The van der Waals surface area contributed by atoms with Gasteiger partial charge in [0.1, 0.15) is 0 Å². The van der Waals surface area contributed by atoms with Gasteiger partial charge in [0.15, 0.2) is 6.10 Å². The molecule has 0 spiro atoms. The Balaban J connectivity index is 4.47. The quantitative estimate of drug-likeness (QED) is 0.518. The molecule has 0 unspecified atom stereocenters. The van der Waals surface area contributed by atoms with Crippen LogP contribution in [0.1, 0.15) is 34.1 Å². The van der Waals surface area contributed by atoms with E-state index in [-0.39, 0.29) is 19.1 Å². The molecular weight excluding hydrogens is 238 g/mol. The van der Waals surface area contributed by atoms with Crippen molar-refractivity contribution in [3.63, 3.8) is 0 Å². The lowest BCUT2D eigenvalue weighted by Crippen LogP contribution is -2.38. The summed E-state index contributed by atoms with van der Waals surface area (Å²) in [6.45, 7) is 7.86. The zero-order chi connectivity index (χ0) is 14.1. The van der Waals surface area contributed by atoms with Gasteiger partial charge in [0.05, 0.1) is 13.2 Å². The minimum Gasteiger partial charge on any atom is -0.464 e. The summed E-state index contributed by atoms with van der Waals surface area (Å²) in [5, 5.41) is 0.924. The number of carbonyl (C=O) groups excluding carboxylic acids is 2. The van der Waals surface area contributed by atoms with E-state index in [2.05, 4.69) is 0 Å². The normalized spacial score (nSPS) is 12.1. The van der Waals surface area contributed by atoms with Crippen molar-refractivity contribution >= 4 is 12.1 Å². The number of ether oxygens (including phenoxy) is 2. The summed E-state index contributed by atoms with van der Waals surface area (Å²) in [4.78, 5) is 28.3. The standard InChI is InChI=1S/C12H23NO5/c1-6-16-11(14)10(8-9(3)4)18-13(5)12(15)17-7-2/h9-10H,6-8H2,1-5H3/t10-/m0/s1. The van der Waals surface area contributed by atoms with Gasteiger partial charge in [-0.15, -0.1) is 0 Å². The average molecular weight is 261 g/mol. The van der Waals surface area contributed by atoms with Crippen molar-refractivity contribution < 1.29 is 23.9 Å². The van der Waals surface area contributed by atoms with Crippen molar-refractivity contribution in [1.82, 2.24) is 5.06 Å². The molecule has 0 saturated carbocycles. The highest BCUT2D eigenvalue weighted by molar-refractivity contribution is 5.75. The number of hydrogen-bond donors (Lipinski definition) is 0. The molecule has 1 atom stereocenters. The van der Waals surface area contributed by atoms with Crippen LogP contribution in [-0.4, -0.2) is 43.5 Å². The molecule has 6 heteroatoms. The van der Waals surface area contributed by atoms with Crippen LogP contribution in [0.3, 0.4) is 0 Å². The van der Waals surface area contributed by atoms with Gasteiger partial charge in [-0.05, 0) is 26.2 Å². The van der Waals surface area contributed by atoms with Crippen LogP contribution >= 0.6 is 0 Å². The minimum atomic E-state index is -0.792. The molecule has 0 bridgehead atoms. The van der Waals surface area contributed by atoms with Gasteiger partial charge in [0, 0.05) is 7.05 Å². The number of rotatable bonds is 7. The van der Waals surface area contributed by atoms with Crippen LogP contribution < -0.4 is 0 Å². The molecule has 0 aliphatic rings. The molecule has 0 aromatic carbocycles. The van der Waals surface area contributed by atoms with Gasteiger partial charge in [-0.25, -0.2) is 9.59 Å². The van der Waals surface area contributed by atoms with E-state index in [1.54, 1.807) is 13.8 Å². The highest BCUT2D eigenvalue weighted by Gasteiger charge is 2.26. The van der Waals surface area contributed by atoms with Crippen molar-refractivity contribution in [3.8, 4) is 0 Å². The number of carbonyl (C=O) groups is 2. The van der Waals surface area contributed by atoms with Crippen LogP contribution in [0.15, 0.2) is 0 Å². The zero-order valence-electron chi connectivity index (χ0n) is 11.8. The summed E-state index contributed by atoms with van der Waals surface area (Å²) < 4.78 is 9.66. The topological polar surface area (TPSA) is 65.1 Å². The Morgan fingerprint density at radius 3 is 2.11 bits per heavy atom. The molecule has 6 nitrogen and oxygen atoms in total. The fourth-order valence-corrected chi connectivity index (χ4v) is 1.29. The van der Waals surface area contributed by atoms with Crippen molar-refractivity contribution in [2.75, 3.05) is 20.3 Å². The summed E-state index contributed by atoms with van der Waals surface area (Å²) in [7, 11) is 1.41. The smallest absolute Gasteiger partial charge is 0.433 e. The van der Waals surface area contributed by atoms with Gasteiger partial charge in [-0.3, -0.25) is 4.84 Å². The van der Waals surface area contributed by atoms with E-state index in [9.17, 15) is 9.59 Å². The second kappa shape index (κ2) is 8.74. The Kier molecular flexibility index (Phi) is 8.11. The second-order valence-corrected chi connectivity index (χ2v) is 4.17. The van der Waals surface area contributed by atoms with Crippen molar-refractivity contribution in [2.24, 2.45) is 5.92 Å². The monoisotopic (exact) mass is 261 g/mol. The summed E-state index contributed by atoms with van der Waals surface area (Å²) in [5.41, 5.74) is 0. The van der Waals surface area contributed by atoms with Crippen LogP contribution in [0.25, 0.3) is 0 Å². The molecule has 0 aromatic heterocycles. The first-order chi connectivity index (χ1) is 8.42. The molecule has 0 rings (SSSR count). The minimum absolute atomic E-state index is 0.245. The summed E-state index contributed by atoms with van der Waals surface area (Å²) in [6, 6.07) is 0. The van der Waals surface area contributed by atoms with Gasteiger partial charge < -0.3 is 9.47 Å². The fourth-order valence-electron chi connectivity index (χ4n) is 1.29. The van der Waals surface area contributed by atoms with Crippen LogP contribution in [0.4, 0.5) is 4.79 Å². The molecule has 0 fully saturated rings. The number of nitrogens with zero attached hydrogens (tertiary/aromatic N) is 1. The van der Waals surface area contributed by atoms with Gasteiger partial charge in [-0.1, -0.05) is 13.8 Å². The molecule has 106 valence electrons. The molecule has 0 heterocycles. The molecule has 0 radical (unpaired) electrons. The second-order valence-electron chi connectivity index (χ2n) is 4.17. The molecule has 1 amide bonds. The van der Waals surface area contributed by atoms with E-state index >= 15 is 0 Å². The van der Waals surface area contributed by atoms with Gasteiger partial charge in [0.2, 0.25) is 0 Å². The lowest BCUT2D eigenvalue weighted by molar-refractivity contribution is -0.193. The lowest BCUT2D eigenvalue weighted by Gasteiger charge is -2.23. The Hall–Kier alpha value is -1.30. The molecular formula is C12H23NO5. The number of hydroxylamine groups is 2. The summed E-state index contributed by atoms with van der Waals surface area (Å²) in [6.07, 6.45) is -0.947. The molecule has 0 aliphatic heterocycles. The third-order valence-electron chi connectivity index (χ3n) is 2.05. The Labute approximate surface area is 108 Å². The van der Waals surface area contributed by atoms with Crippen molar-refractivity contribution in [1.29, 1.82) is 0 Å². The Bertz CT molecular complexity index is 267. The Morgan fingerprint density at radius 2 is 1.67 bits per heavy atom. The number of esters is 1. The average Bonchev–Trinajstić information content (AvgIpc) is 2.28. The maximum absolute atomic E-state index is 11.7. The molecule has 18 heavy (non-hydrogen) atoms. The highest BCUT2D eigenvalue weighted by Crippen LogP contribution is 2.12. The van der Waals surface area contributed by atoms with Crippen LogP contribution in [0.2, 0.25) is 0 Å². The largest absolute Gasteiger partial charge is 0.464 e. The third-order valence-corrected chi connectivity index (χ3v) is 2.05. The van der Waals surface area contributed by atoms with E-state index in [0.717, 1.165) is 5.06 Å². The SMILES string of the molecule is CCOC(=O)[C@H](CC(C)C)ON(C)C(=O)OCC. The van der Waals surface area contributed by atoms with Gasteiger partial charge in [0.25, 0.3) is 0 Å². The predicted molar refractivity (Wildman–Crippen MR) is 65.7 cm³/mol. The lowest BCUT2D eigenvalue weighted by atomic mass is 10.1. The highest BCUT2D eigenvalue weighted by atomic mass is 16.7. The van der Waals surface area contributed by atoms with E-state index in [1.165, 1.54) is 7.05 Å². The first-order valence-electron chi connectivity index (χ1n) is 6.16. The van der Waals surface area contributed by atoms with E-state index in [1.807, 2.05) is 13.8 Å². The zero-order valence-corrected chi connectivity index (χ0v) is 11.8. The maximum atomic E-state index is 11.7. The van der Waals surface area contributed by atoms with Crippen molar-refractivity contribution in [2.45, 2.75) is 40.2 Å². The number of amides is 1. The predicted octanol–water partition coefficient (Wildman–Crippen LogP) is 1.98. The molecule has 0 saturated heterocycles. The van der Waals surface area contributed by atoms with E-state index in [0.29, 0.717) is 6.42 Å². The number of hydrogen-bond acceptors (Lipinski definition) is 5. The first-order valence-corrected chi connectivity index (χ1v) is 6.16. The van der Waals surface area contributed by atoms with E-state index in [4.69, 9.17) is 14.3 Å². The summed E-state index contributed by atoms with van der Waals surface area (Å²) >= 11 is 0.